The second-order valence-electron chi connectivity index (χ2n) is 10.4. The highest BCUT2D eigenvalue weighted by atomic mass is 19.3. The highest BCUT2D eigenvalue weighted by Crippen LogP contribution is 2.45. The van der Waals surface area contributed by atoms with Crippen molar-refractivity contribution in [1.82, 2.24) is 9.97 Å². The van der Waals surface area contributed by atoms with Gasteiger partial charge in [0, 0.05) is 35.9 Å². The fourth-order valence-corrected chi connectivity index (χ4v) is 5.09. The number of hydrogen-bond donors (Lipinski definition) is 1. The molecule has 188 valence electrons. The van der Waals surface area contributed by atoms with Crippen molar-refractivity contribution in [3.05, 3.63) is 65.0 Å². The fraction of sp³-hybridized carbons (Fsp3) is 0.379. The van der Waals surface area contributed by atoms with Crippen molar-refractivity contribution in [2.75, 3.05) is 13.2 Å². The van der Waals surface area contributed by atoms with Crippen molar-refractivity contribution >= 4 is 21.8 Å². The zero-order chi connectivity index (χ0) is 25.8. The second-order valence-corrected chi connectivity index (χ2v) is 10.4. The lowest BCUT2D eigenvalue weighted by atomic mass is 9.86. The largest absolute Gasteiger partial charge is 0.493 e. The lowest BCUT2D eigenvalue weighted by molar-refractivity contribution is -0.0821. The number of ether oxygens (including phenoxy) is 2. The summed E-state index contributed by atoms with van der Waals surface area (Å²) in [6.07, 6.45) is 1.93. The Balaban J connectivity index is 1.88. The van der Waals surface area contributed by atoms with Crippen LogP contribution in [0, 0.1) is 6.92 Å². The Morgan fingerprint density at radius 1 is 1.11 bits per heavy atom. The molecule has 0 amide bonds. The van der Waals surface area contributed by atoms with Gasteiger partial charge in [-0.2, -0.15) is 8.78 Å². The summed E-state index contributed by atoms with van der Waals surface area (Å²) in [7, 11) is 0. The number of benzene rings is 2. The number of aromatic nitrogens is 2. The molecule has 0 fully saturated rings. The molecule has 1 aliphatic heterocycles. The van der Waals surface area contributed by atoms with Crippen LogP contribution in [-0.4, -0.2) is 33.9 Å². The second kappa shape index (κ2) is 8.75. The molecule has 7 heteroatoms. The molecule has 2 aromatic carbocycles. The summed E-state index contributed by atoms with van der Waals surface area (Å²) in [5.41, 5.74) is 4.72. The highest BCUT2D eigenvalue weighted by Gasteiger charge is 2.30. The van der Waals surface area contributed by atoms with E-state index in [1.807, 2.05) is 45.9 Å². The van der Waals surface area contributed by atoms with Crippen LogP contribution in [0.25, 0.3) is 32.9 Å². The minimum Gasteiger partial charge on any atom is -0.493 e. The maximum atomic E-state index is 14.2. The number of fused-ring (bicyclic) bond motifs is 1. The van der Waals surface area contributed by atoms with Gasteiger partial charge in [-0.25, -0.2) is 4.98 Å². The first-order valence-electron chi connectivity index (χ1n) is 12.1. The molecule has 5 rings (SSSR count). The smallest absolute Gasteiger partial charge is 0.286 e. The zero-order valence-corrected chi connectivity index (χ0v) is 21.2. The van der Waals surface area contributed by atoms with E-state index >= 15 is 0 Å². The van der Waals surface area contributed by atoms with Crippen molar-refractivity contribution in [1.29, 1.82) is 0 Å². The van der Waals surface area contributed by atoms with Crippen LogP contribution in [0.5, 0.6) is 5.75 Å². The van der Waals surface area contributed by atoms with E-state index in [4.69, 9.17) is 14.5 Å². The molecule has 0 bridgehead atoms. The molecule has 5 nitrogen and oxygen atoms in total. The van der Waals surface area contributed by atoms with Gasteiger partial charge in [0.05, 0.1) is 29.8 Å². The van der Waals surface area contributed by atoms with Gasteiger partial charge in [-0.1, -0.05) is 6.07 Å². The monoisotopic (exact) mass is 492 g/mol. The zero-order valence-electron chi connectivity index (χ0n) is 21.2. The molecule has 0 spiro atoms. The van der Waals surface area contributed by atoms with Gasteiger partial charge in [0.2, 0.25) is 0 Å². The lowest BCUT2D eigenvalue weighted by Gasteiger charge is -2.30. The number of aliphatic hydroxyl groups excluding tert-OH is 1. The number of halogens is 2. The maximum Gasteiger partial charge on any atom is 0.286 e. The number of aryl methyl sites for hydroxylation is 1. The van der Waals surface area contributed by atoms with Crippen LogP contribution in [-0.2, 0) is 17.1 Å². The molecule has 0 radical (unpaired) electrons. The Bertz CT molecular complexity index is 1460. The summed E-state index contributed by atoms with van der Waals surface area (Å²) in [5, 5.41) is 12.1. The van der Waals surface area contributed by atoms with Gasteiger partial charge in [0.1, 0.15) is 17.5 Å². The van der Waals surface area contributed by atoms with Crippen LogP contribution in [0.1, 0.15) is 56.2 Å². The van der Waals surface area contributed by atoms with Crippen molar-refractivity contribution in [3.8, 4) is 16.9 Å². The fourth-order valence-electron chi connectivity index (χ4n) is 5.09. The van der Waals surface area contributed by atoms with Gasteiger partial charge in [-0.15, -0.1) is 0 Å². The molecular formula is C29H30F2N2O3. The van der Waals surface area contributed by atoms with Crippen molar-refractivity contribution in [2.45, 2.75) is 58.7 Å². The summed E-state index contributed by atoms with van der Waals surface area (Å²) in [4.78, 5) is 9.07. The van der Waals surface area contributed by atoms with Gasteiger partial charge in [-0.3, -0.25) is 4.98 Å². The van der Waals surface area contributed by atoms with Crippen LogP contribution in [0.4, 0.5) is 8.78 Å². The molecule has 1 atom stereocenters. The number of aliphatic hydroxyl groups is 1. The number of rotatable bonds is 5. The third-order valence-electron chi connectivity index (χ3n) is 6.51. The predicted molar refractivity (Wildman–Crippen MR) is 137 cm³/mol. The quantitative estimate of drug-likeness (QED) is 0.338. The van der Waals surface area contributed by atoms with Gasteiger partial charge < -0.3 is 14.6 Å². The average Bonchev–Trinajstić information content (AvgIpc) is 2.81. The molecule has 3 heterocycles. The minimum atomic E-state index is -3.07. The summed E-state index contributed by atoms with van der Waals surface area (Å²) < 4.78 is 40.5. The first kappa shape index (κ1) is 24.5. The number of nitrogens with zero attached hydrogens (tertiary/aromatic N) is 2. The van der Waals surface area contributed by atoms with Crippen molar-refractivity contribution in [3.63, 3.8) is 0 Å². The van der Waals surface area contributed by atoms with Crippen LogP contribution < -0.4 is 4.74 Å². The number of alkyl halides is 2. The minimum absolute atomic E-state index is 0.243. The van der Waals surface area contributed by atoms with Crippen LogP contribution >= 0.6 is 0 Å². The Labute approximate surface area is 209 Å². The maximum absolute atomic E-state index is 14.2. The average molecular weight is 493 g/mol. The van der Waals surface area contributed by atoms with E-state index in [0.717, 1.165) is 57.8 Å². The van der Waals surface area contributed by atoms with E-state index in [2.05, 4.69) is 4.98 Å². The molecule has 1 N–H and O–H groups in total. The summed E-state index contributed by atoms with van der Waals surface area (Å²) >= 11 is 0. The molecule has 0 saturated heterocycles. The van der Waals surface area contributed by atoms with Gasteiger partial charge in [0.25, 0.3) is 5.92 Å². The van der Waals surface area contributed by atoms with Crippen LogP contribution in [0.15, 0.2) is 42.6 Å². The predicted octanol–water partition coefficient (Wildman–Crippen LogP) is 6.65. The Morgan fingerprint density at radius 3 is 2.58 bits per heavy atom. The molecule has 0 aliphatic carbocycles. The third-order valence-corrected chi connectivity index (χ3v) is 6.51. The van der Waals surface area contributed by atoms with E-state index in [9.17, 15) is 13.9 Å². The summed E-state index contributed by atoms with van der Waals surface area (Å²) in [5.74, 6) is -2.29. The molecule has 0 unspecified atom stereocenters. The van der Waals surface area contributed by atoms with Crippen molar-refractivity contribution < 1.29 is 23.4 Å². The van der Waals surface area contributed by atoms with Crippen LogP contribution in [0.2, 0.25) is 0 Å². The molecule has 1 aliphatic rings. The Morgan fingerprint density at radius 2 is 1.89 bits per heavy atom. The van der Waals surface area contributed by atoms with E-state index in [1.165, 1.54) is 6.07 Å². The molecule has 0 saturated carbocycles. The standard InChI is InChI=1S/C29H30F2N2O3/c1-16-14-20-18(7-9-23(33-20)29(5,30)31)26(24(16)22(15-34)36-28(2,3)4)19-6-8-21-25-17(11-13-35-21)10-12-32-27(19)25/h6-10,12,14,22,34H,11,13,15H2,1-5H3/t22-/m1/s1. The molecule has 2 aromatic heterocycles. The van der Waals surface area contributed by atoms with E-state index in [1.54, 1.807) is 18.3 Å². The third kappa shape index (κ3) is 4.31. The number of pyridine rings is 2. The highest BCUT2D eigenvalue weighted by molar-refractivity contribution is 6.07. The molecule has 36 heavy (non-hydrogen) atoms. The van der Waals surface area contributed by atoms with E-state index in [-0.39, 0.29) is 12.3 Å². The Hall–Kier alpha value is -3.16. The topological polar surface area (TPSA) is 64.5 Å². The van der Waals surface area contributed by atoms with Gasteiger partial charge in [-0.05, 0) is 80.3 Å². The van der Waals surface area contributed by atoms with Gasteiger partial charge >= 0.3 is 0 Å². The van der Waals surface area contributed by atoms with Crippen LogP contribution in [0.3, 0.4) is 0 Å². The SMILES string of the molecule is Cc1cc2nc(C(C)(F)F)ccc2c(-c2ccc3c4c(ccnc24)CCO3)c1[C@@H](CO)OC(C)(C)C. The summed E-state index contributed by atoms with van der Waals surface area (Å²) in [6.45, 7) is 8.91. The molecular weight excluding hydrogens is 462 g/mol. The normalized spacial score (nSPS) is 14.8. The summed E-state index contributed by atoms with van der Waals surface area (Å²) in [6, 6.07) is 10.7. The van der Waals surface area contributed by atoms with E-state index < -0.39 is 17.6 Å². The first-order valence-corrected chi connectivity index (χ1v) is 12.1. The van der Waals surface area contributed by atoms with Gasteiger partial charge in [0.15, 0.2) is 0 Å². The van der Waals surface area contributed by atoms with Crippen molar-refractivity contribution in [2.24, 2.45) is 0 Å². The Kier molecular flexibility index (Phi) is 5.96. The lowest BCUT2D eigenvalue weighted by Crippen LogP contribution is -2.25. The van der Waals surface area contributed by atoms with E-state index in [0.29, 0.717) is 17.5 Å². The first-order chi connectivity index (χ1) is 17.0. The molecule has 4 aromatic rings. The number of hydrogen-bond acceptors (Lipinski definition) is 5.